The molecule has 0 radical (unpaired) electrons. The van der Waals surface area contributed by atoms with Crippen LogP contribution < -0.4 is 5.32 Å². The standard InChI is InChI=1S/C11H22N2O3/c1-16-8-5-12-9-11(15)13(6-7-14)10-3-2-4-10/h10,12,14H,2-9H2,1H3. The third-order valence-corrected chi connectivity index (χ3v) is 2.94. The summed E-state index contributed by atoms with van der Waals surface area (Å²) < 4.78 is 4.88. The number of carbonyl (C=O) groups excluding carboxylic acids is 1. The molecule has 5 nitrogen and oxygen atoms in total. The number of nitrogens with zero attached hydrogens (tertiary/aromatic N) is 1. The predicted octanol–water partition coefficient (Wildman–Crippen LogP) is -0.404. The highest BCUT2D eigenvalue weighted by Gasteiger charge is 2.27. The molecule has 1 aliphatic carbocycles. The fourth-order valence-corrected chi connectivity index (χ4v) is 1.79. The summed E-state index contributed by atoms with van der Waals surface area (Å²) in [4.78, 5) is 13.6. The second-order valence-electron chi connectivity index (χ2n) is 4.07. The number of methoxy groups -OCH3 is 1. The zero-order valence-corrected chi connectivity index (χ0v) is 9.95. The van der Waals surface area contributed by atoms with Gasteiger partial charge in [-0.15, -0.1) is 0 Å². The summed E-state index contributed by atoms with van der Waals surface area (Å²) >= 11 is 0. The number of ether oxygens (including phenoxy) is 1. The molecule has 1 saturated carbocycles. The maximum Gasteiger partial charge on any atom is 0.236 e. The Bertz CT molecular complexity index is 207. The summed E-state index contributed by atoms with van der Waals surface area (Å²) in [5, 5.41) is 12.0. The van der Waals surface area contributed by atoms with Crippen molar-refractivity contribution in [2.75, 3.05) is 40.0 Å². The Labute approximate surface area is 96.8 Å². The van der Waals surface area contributed by atoms with Gasteiger partial charge in [-0.3, -0.25) is 4.79 Å². The minimum atomic E-state index is 0.0420. The van der Waals surface area contributed by atoms with Gasteiger partial charge in [0.15, 0.2) is 0 Å². The molecule has 0 aromatic heterocycles. The van der Waals surface area contributed by atoms with Crippen molar-refractivity contribution in [2.45, 2.75) is 25.3 Å². The molecule has 0 atom stereocenters. The summed E-state index contributed by atoms with van der Waals surface area (Å²) in [5.41, 5.74) is 0. The van der Waals surface area contributed by atoms with Crippen molar-refractivity contribution in [3.63, 3.8) is 0 Å². The van der Waals surface area contributed by atoms with E-state index >= 15 is 0 Å². The maximum absolute atomic E-state index is 11.8. The van der Waals surface area contributed by atoms with E-state index in [0.717, 1.165) is 12.8 Å². The molecule has 0 bridgehead atoms. The van der Waals surface area contributed by atoms with E-state index in [2.05, 4.69) is 5.32 Å². The molecule has 0 aromatic rings. The van der Waals surface area contributed by atoms with Crippen LogP contribution in [0.25, 0.3) is 0 Å². The van der Waals surface area contributed by atoms with E-state index in [1.165, 1.54) is 6.42 Å². The molecular formula is C11H22N2O3. The Kier molecular flexibility index (Phi) is 6.37. The Balaban J connectivity index is 2.23. The van der Waals surface area contributed by atoms with Crippen LogP contribution in [-0.2, 0) is 9.53 Å². The molecule has 1 amide bonds. The van der Waals surface area contributed by atoms with Gasteiger partial charge in [0.2, 0.25) is 5.91 Å². The lowest BCUT2D eigenvalue weighted by atomic mass is 9.91. The number of amides is 1. The maximum atomic E-state index is 11.8. The van der Waals surface area contributed by atoms with Gasteiger partial charge < -0.3 is 20.1 Å². The summed E-state index contributed by atoms with van der Waals surface area (Å²) in [6, 6.07) is 0.351. The van der Waals surface area contributed by atoms with Crippen LogP contribution in [0.4, 0.5) is 0 Å². The van der Waals surface area contributed by atoms with Gasteiger partial charge in [0.1, 0.15) is 0 Å². The van der Waals surface area contributed by atoms with Crippen molar-refractivity contribution in [1.82, 2.24) is 10.2 Å². The van der Waals surface area contributed by atoms with Crippen LogP contribution >= 0.6 is 0 Å². The minimum absolute atomic E-state index is 0.0420. The molecule has 0 aliphatic heterocycles. The Morgan fingerprint density at radius 2 is 2.31 bits per heavy atom. The number of hydrogen-bond donors (Lipinski definition) is 2. The van der Waals surface area contributed by atoms with Gasteiger partial charge in [-0.2, -0.15) is 0 Å². The van der Waals surface area contributed by atoms with Gasteiger partial charge in [-0.1, -0.05) is 0 Å². The molecular weight excluding hydrogens is 208 g/mol. The first-order valence-electron chi connectivity index (χ1n) is 5.89. The van der Waals surface area contributed by atoms with Crippen LogP contribution in [-0.4, -0.2) is 61.9 Å². The third-order valence-electron chi connectivity index (χ3n) is 2.94. The van der Waals surface area contributed by atoms with Gasteiger partial charge >= 0.3 is 0 Å². The van der Waals surface area contributed by atoms with Crippen LogP contribution in [0, 0.1) is 0 Å². The van der Waals surface area contributed by atoms with E-state index in [-0.39, 0.29) is 12.5 Å². The molecule has 2 N–H and O–H groups in total. The van der Waals surface area contributed by atoms with E-state index in [9.17, 15) is 4.79 Å². The normalized spacial score (nSPS) is 15.9. The van der Waals surface area contributed by atoms with Gasteiger partial charge in [-0.25, -0.2) is 0 Å². The number of nitrogens with one attached hydrogen (secondary N) is 1. The van der Waals surface area contributed by atoms with E-state index in [1.807, 2.05) is 0 Å². The number of carbonyl (C=O) groups is 1. The molecule has 0 spiro atoms. The third kappa shape index (κ3) is 4.08. The van der Waals surface area contributed by atoms with E-state index in [1.54, 1.807) is 12.0 Å². The molecule has 1 fully saturated rings. The average molecular weight is 230 g/mol. The largest absolute Gasteiger partial charge is 0.395 e. The van der Waals surface area contributed by atoms with Gasteiger partial charge in [-0.05, 0) is 19.3 Å². The minimum Gasteiger partial charge on any atom is -0.395 e. The van der Waals surface area contributed by atoms with Crippen molar-refractivity contribution in [3.8, 4) is 0 Å². The Hall–Kier alpha value is -0.650. The molecule has 0 unspecified atom stereocenters. The second-order valence-corrected chi connectivity index (χ2v) is 4.07. The van der Waals surface area contributed by atoms with Crippen LogP contribution in [0.3, 0.4) is 0 Å². The molecule has 5 heteroatoms. The number of aliphatic hydroxyl groups excluding tert-OH is 1. The van der Waals surface area contributed by atoms with Crippen LogP contribution in [0.5, 0.6) is 0 Å². The van der Waals surface area contributed by atoms with E-state index in [0.29, 0.717) is 32.3 Å². The van der Waals surface area contributed by atoms with Gasteiger partial charge in [0.25, 0.3) is 0 Å². The summed E-state index contributed by atoms with van der Waals surface area (Å²) in [5.74, 6) is 0.0786. The fraction of sp³-hybridized carbons (Fsp3) is 0.909. The van der Waals surface area contributed by atoms with Crippen LogP contribution in [0.1, 0.15) is 19.3 Å². The highest BCUT2D eigenvalue weighted by atomic mass is 16.5. The molecule has 94 valence electrons. The lowest BCUT2D eigenvalue weighted by molar-refractivity contribution is -0.134. The topological polar surface area (TPSA) is 61.8 Å². The lowest BCUT2D eigenvalue weighted by Gasteiger charge is -2.37. The molecule has 1 aliphatic rings. The molecule has 16 heavy (non-hydrogen) atoms. The van der Waals surface area contributed by atoms with E-state index < -0.39 is 0 Å². The van der Waals surface area contributed by atoms with Crippen molar-refractivity contribution in [2.24, 2.45) is 0 Å². The zero-order chi connectivity index (χ0) is 11.8. The first kappa shape index (κ1) is 13.4. The van der Waals surface area contributed by atoms with Gasteiger partial charge in [0.05, 0.1) is 19.8 Å². The smallest absolute Gasteiger partial charge is 0.236 e. The first-order valence-corrected chi connectivity index (χ1v) is 5.89. The summed E-state index contributed by atoms with van der Waals surface area (Å²) in [6.45, 7) is 2.12. The molecule has 0 heterocycles. The molecule has 1 rings (SSSR count). The van der Waals surface area contributed by atoms with Crippen LogP contribution in [0.15, 0.2) is 0 Å². The van der Waals surface area contributed by atoms with Crippen molar-refractivity contribution >= 4 is 5.91 Å². The monoisotopic (exact) mass is 230 g/mol. The van der Waals surface area contributed by atoms with Gasteiger partial charge in [0, 0.05) is 26.2 Å². The highest BCUT2D eigenvalue weighted by molar-refractivity contribution is 5.78. The molecule has 0 aromatic carbocycles. The van der Waals surface area contributed by atoms with E-state index in [4.69, 9.17) is 9.84 Å². The van der Waals surface area contributed by atoms with Crippen molar-refractivity contribution in [1.29, 1.82) is 0 Å². The van der Waals surface area contributed by atoms with Crippen LogP contribution in [0.2, 0.25) is 0 Å². The van der Waals surface area contributed by atoms with Crippen molar-refractivity contribution < 1.29 is 14.6 Å². The Morgan fingerprint density at radius 1 is 1.56 bits per heavy atom. The SMILES string of the molecule is COCCNCC(=O)N(CCO)C1CCC1. The number of hydrogen-bond acceptors (Lipinski definition) is 4. The number of rotatable bonds is 8. The predicted molar refractivity (Wildman–Crippen MR) is 61.2 cm³/mol. The lowest BCUT2D eigenvalue weighted by Crippen LogP contribution is -2.49. The fourth-order valence-electron chi connectivity index (χ4n) is 1.79. The quantitative estimate of drug-likeness (QED) is 0.557. The Morgan fingerprint density at radius 3 is 2.81 bits per heavy atom. The highest BCUT2D eigenvalue weighted by Crippen LogP contribution is 2.24. The molecule has 0 saturated heterocycles. The zero-order valence-electron chi connectivity index (χ0n) is 9.95. The average Bonchev–Trinajstić information content (AvgIpc) is 2.21. The second kappa shape index (κ2) is 7.60. The number of aliphatic hydroxyl groups is 1. The first-order chi connectivity index (χ1) is 7.79. The summed E-state index contributed by atoms with van der Waals surface area (Å²) in [6.07, 6.45) is 3.34. The summed E-state index contributed by atoms with van der Waals surface area (Å²) in [7, 11) is 1.63. The van der Waals surface area contributed by atoms with Crippen molar-refractivity contribution in [3.05, 3.63) is 0 Å².